The van der Waals surface area contributed by atoms with E-state index in [4.69, 9.17) is 17.3 Å². The molecule has 0 saturated carbocycles. The van der Waals surface area contributed by atoms with Gasteiger partial charge in [0, 0.05) is 6.07 Å². The lowest BCUT2D eigenvalue weighted by Crippen LogP contribution is -2.36. The van der Waals surface area contributed by atoms with Gasteiger partial charge in [0.05, 0.1) is 6.04 Å². The first-order valence-corrected chi connectivity index (χ1v) is 5.41. The first-order valence-electron chi connectivity index (χ1n) is 5.03. The molecule has 0 aromatic carbocycles. The lowest BCUT2D eigenvalue weighted by molar-refractivity contribution is -0.117. The lowest BCUT2D eigenvalue weighted by Gasteiger charge is -2.13. The van der Waals surface area contributed by atoms with Crippen LogP contribution in [-0.2, 0) is 4.79 Å². The van der Waals surface area contributed by atoms with Gasteiger partial charge in [-0.05, 0) is 12.3 Å². The maximum atomic E-state index is 11.6. The molecular weight excluding hydrogens is 228 g/mol. The van der Waals surface area contributed by atoms with E-state index in [1.807, 2.05) is 13.8 Å². The molecule has 1 rings (SSSR count). The summed E-state index contributed by atoms with van der Waals surface area (Å²) in [5.74, 6) is 0.474. The molecule has 3 N–H and O–H groups in total. The molecular formula is C10H15ClN4O. The standard InChI is InChI=1S/C10H15ClN4O/c1-6(2)3-7(12)10(16)15-9-4-8(11)13-5-14-9/h4-7H,3,12H2,1-2H3,(H,13,14,15,16)/t7-/m0/s1. The summed E-state index contributed by atoms with van der Waals surface area (Å²) in [7, 11) is 0. The molecule has 0 aliphatic carbocycles. The van der Waals surface area contributed by atoms with Crippen molar-refractivity contribution in [3.05, 3.63) is 17.5 Å². The van der Waals surface area contributed by atoms with Crippen molar-refractivity contribution >= 4 is 23.3 Å². The van der Waals surface area contributed by atoms with E-state index in [9.17, 15) is 4.79 Å². The molecule has 0 saturated heterocycles. The summed E-state index contributed by atoms with van der Waals surface area (Å²) in [5, 5.41) is 2.87. The first-order chi connectivity index (χ1) is 7.49. The van der Waals surface area contributed by atoms with Gasteiger partial charge in [0.1, 0.15) is 17.3 Å². The fraction of sp³-hybridized carbons (Fsp3) is 0.500. The minimum Gasteiger partial charge on any atom is -0.320 e. The molecule has 1 heterocycles. The summed E-state index contributed by atoms with van der Waals surface area (Å²) in [6.07, 6.45) is 1.91. The van der Waals surface area contributed by atoms with Crippen molar-refractivity contribution in [2.45, 2.75) is 26.3 Å². The second-order valence-electron chi connectivity index (χ2n) is 3.95. The van der Waals surface area contributed by atoms with Crippen LogP contribution < -0.4 is 11.1 Å². The van der Waals surface area contributed by atoms with Crippen LogP contribution in [0, 0.1) is 5.92 Å². The molecule has 1 atom stereocenters. The van der Waals surface area contributed by atoms with E-state index in [0.717, 1.165) is 0 Å². The van der Waals surface area contributed by atoms with Gasteiger partial charge >= 0.3 is 0 Å². The van der Waals surface area contributed by atoms with E-state index in [-0.39, 0.29) is 11.1 Å². The number of nitrogens with zero attached hydrogens (tertiary/aromatic N) is 2. The number of aromatic nitrogens is 2. The predicted octanol–water partition coefficient (Wildman–Crippen LogP) is 1.44. The van der Waals surface area contributed by atoms with E-state index < -0.39 is 6.04 Å². The highest BCUT2D eigenvalue weighted by Crippen LogP contribution is 2.10. The minimum absolute atomic E-state index is 0.261. The molecule has 1 aromatic heterocycles. The molecule has 0 aliphatic heterocycles. The van der Waals surface area contributed by atoms with Crippen LogP contribution in [-0.4, -0.2) is 21.9 Å². The number of amides is 1. The van der Waals surface area contributed by atoms with Crippen LogP contribution in [0.2, 0.25) is 5.15 Å². The average molecular weight is 243 g/mol. The van der Waals surface area contributed by atoms with Crippen molar-refractivity contribution in [3.8, 4) is 0 Å². The molecule has 88 valence electrons. The van der Waals surface area contributed by atoms with Gasteiger partial charge in [0.15, 0.2) is 0 Å². The molecule has 0 fully saturated rings. The Labute approximate surface area is 99.4 Å². The Morgan fingerprint density at radius 2 is 2.25 bits per heavy atom. The van der Waals surface area contributed by atoms with Gasteiger partial charge in [0.25, 0.3) is 0 Å². The van der Waals surface area contributed by atoms with E-state index in [1.165, 1.54) is 12.4 Å². The Kier molecular flexibility index (Phi) is 4.64. The van der Waals surface area contributed by atoms with E-state index >= 15 is 0 Å². The first kappa shape index (κ1) is 12.9. The summed E-state index contributed by atoms with van der Waals surface area (Å²) >= 11 is 5.66. The molecule has 0 unspecified atom stereocenters. The molecule has 16 heavy (non-hydrogen) atoms. The Balaban J connectivity index is 2.57. The maximum absolute atomic E-state index is 11.6. The Hall–Kier alpha value is -1.20. The Bertz CT molecular complexity index is 370. The summed E-state index contributed by atoms with van der Waals surface area (Å²) in [6.45, 7) is 4.02. The Morgan fingerprint density at radius 1 is 1.56 bits per heavy atom. The van der Waals surface area contributed by atoms with Crippen LogP contribution in [0.1, 0.15) is 20.3 Å². The fourth-order valence-electron chi connectivity index (χ4n) is 1.24. The van der Waals surface area contributed by atoms with Crippen LogP contribution in [0.25, 0.3) is 0 Å². The SMILES string of the molecule is CC(C)C[C@H](N)C(=O)Nc1cc(Cl)ncn1. The largest absolute Gasteiger partial charge is 0.320 e. The summed E-state index contributed by atoms with van der Waals surface area (Å²) in [4.78, 5) is 19.2. The van der Waals surface area contributed by atoms with E-state index in [1.54, 1.807) is 0 Å². The van der Waals surface area contributed by atoms with Gasteiger partial charge in [-0.2, -0.15) is 0 Å². The zero-order valence-electron chi connectivity index (χ0n) is 9.27. The minimum atomic E-state index is -0.534. The zero-order chi connectivity index (χ0) is 12.1. The smallest absolute Gasteiger partial charge is 0.242 e. The van der Waals surface area contributed by atoms with E-state index in [0.29, 0.717) is 18.2 Å². The third-order valence-electron chi connectivity index (χ3n) is 1.95. The molecule has 0 spiro atoms. The molecule has 0 bridgehead atoms. The van der Waals surface area contributed by atoms with Gasteiger partial charge in [-0.25, -0.2) is 9.97 Å². The van der Waals surface area contributed by atoms with Crippen molar-refractivity contribution in [1.29, 1.82) is 0 Å². The third-order valence-corrected chi connectivity index (χ3v) is 2.15. The van der Waals surface area contributed by atoms with Crippen molar-refractivity contribution in [3.63, 3.8) is 0 Å². The number of nitrogens with one attached hydrogen (secondary N) is 1. The van der Waals surface area contributed by atoms with Gasteiger partial charge in [-0.15, -0.1) is 0 Å². The highest BCUT2D eigenvalue weighted by molar-refractivity contribution is 6.29. The third kappa shape index (κ3) is 4.12. The molecule has 0 radical (unpaired) electrons. The van der Waals surface area contributed by atoms with Crippen LogP contribution >= 0.6 is 11.6 Å². The molecule has 5 nitrogen and oxygen atoms in total. The second kappa shape index (κ2) is 5.77. The topological polar surface area (TPSA) is 80.9 Å². The number of halogens is 1. The van der Waals surface area contributed by atoms with Crippen molar-refractivity contribution in [2.24, 2.45) is 11.7 Å². The summed E-state index contributed by atoms with van der Waals surface area (Å²) < 4.78 is 0. The number of carbonyl (C=O) groups excluding carboxylic acids is 1. The van der Waals surface area contributed by atoms with Gasteiger partial charge < -0.3 is 11.1 Å². The maximum Gasteiger partial charge on any atom is 0.242 e. The highest BCUT2D eigenvalue weighted by Gasteiger charge is 2.15. The quantitative estimate of drug-likeness (QED) is 0.783. The molecule has 0 aliphatic rings. The zero-order valence-corrected chi connectivity index (χ0v) is 10.0. The Morgan fingerprint density at radius 3 is 2.81 bits per heavy atom. The number of rotatable bonds is 4. The fourth-order valence-corrected chi connectivity index (χ4v) is 1.38. The second-order valence-corrected chi connectivity index (χ2v) is 4.34. The van der Waals surface area contributed by atoms with Crippen molar-refractivity contribution < 1.29 is 4.79 Å². The number of carbonyl (C=O) groups is 1. The monoisotopic (exact) mass is 242 g/mol. The van der Waals surface area contributed by atoms with Crippen LogP contribution in [0.3, 0.4) is 0 Å². The molecule has 1 amide bonds. The average Bonchev–Trinajstić information content (AvgIpc) is 2.16. The van der Waals surface area contributed by atoms with Crippen LogP contribution in [0.5, 0.6) is 0 Å². The van der Waals surface area contributed by atoms with Crippen LogP contribution in [0.15, 0.2) is 12.4 Å². The number of anilines is 1. The van der Waals surface area contributed by atoms with Gasteiger partial charge in [0.2, 0.25) is 5.91 Å². The lowest BCUT2D eigenvalue weighted by atomic mass is 10.0. The van der Waals surface area contributed by atoms with Crippen molar-refractivity contribution in [1.82, 2.24) is 9.97 Å². The number of hydrogen-bond acceptors (Lipinski definition) is 4. The van der Waals surface area contributed by atoms with Gasteiger partial charge in [-0.1, -0.05) is 25.4 Å². The molecule has 1 aromatic rings. The van der Waals surface area contributed by atoms with Gasteiger partial charge in [-0.3, -0.25) is 4.79 Å². The number of nitrogens with two attached hydrogens (primary N) is 1. The molecule has 6 heteroatoms. The number of hydrogen-bond donors (Lipinski definition) is 2. The summed E-state index contributed by atoms with van der Waals surface area (Å²) in [6, 6.07) is 0.940. The predicted molar refractivity (Wildman–Crippen MR) is 63.1 cm³/mol. The normalized spacial score (nSPS) is 12.6. The summed E-state index contributed by atoms with van der Waals surface area (Å²) in [5.41, 5.74) is 5.72. The highest BCUT2D eigenvalue weighted by atomic mass is 35.5. The van der Waals surface area contributed by atoms with Crippen molar-refractivity contribution in [2.75, 3.05) is 5.32 Å². The van der Waals surface area contributed by atoms with Crippen LogP contribution in [0.4, 0.5) is 5.82 Å². The van der Waals surface area contributed by atoms with E-state index in [2.05, 4.69) is 15.3 Å².